The van der Waals surface area contributed by atoms with Gasteiger partial charge < -0.3 is 9.84 Å². The molecule has 0 spiro atoms. The van der Waals surface area contributed by atoms with E-state index in [-0.39, 0.29) is 5.56 Å². The van der Waals surface area contributed by atoms with Gasteiger partial charge in [0.25, 0.3) is 0 Å². The summed E-state index contributed by atoms with van der Waals surface area (Å²) in [6.45, 7) is 3.80. The molecule has 6 heteroatoms. The van der Waals surface area contributed by atoms with Gasteiger partial charge in [0.05, 0.1) is 34.5 Å². The Labute approximate surface area is 114 Å². The van der Waals surface area contributed by atoms with Gasteiger partial charge in [0, 0.05) is 25.4 Å². The third-order valence-corrected chi connectivity index (χ3v) is 4.46. The van der Waals surface area contributed by atoms with Crippen molar-refractivity contribution in [2.75, 3.05) is 38.6 Å². The van der Waals surface area contributed by atoms with Gasteiger partial charge in [-0.2, -0.15) is 0 Å². The SMILES string of the molecule is O=C(O)c1ccccc1[S@@](=O)CCN1CCOCC1. The second kappa shape index (κ2) is 6.79. The quantitative estimate of drug-likeness (QED) is 0.867. The van der Waals surface area contributed by atoms with Gasteiger partial charge in [-0.15, -0.1) is 0 Å². The molecule has 19 heavy (non-hydrogen) atoms. The van der Waals surface area contributed by atoms with Crippen LogP contribution >= 0.6 is 0 Å². The van der Waals surface area contributed by atoms with Crippen molar-refractivity contribution >= 4 is 16.8 Å². The highest BCUT2D eigenvalue weighted by Gasteiger charge is 2.16. The fourth-order valence-corrected chi connectivity index (χ4v) is 3.26. The molecule has 1 aromatic rings. The van der Waals surface area contributed by atoms with Crippen molar-refractivity contribution in [3.05, 3.63) is 29.8 Å². The molecule has 1 atom stereocenters. The molecule has 1 heterocycles. The van der Waals surface area contributed by atoms with E-state index in [1.54, 1.807) is 18.2 Å². The molecule has 0 saturated carbocycles. The monoisotopic (exact) mass is 283 g/mol. The van der Waals surface area contributed by atoms with E-state index in [1.165, 1.54) is 6.07 Å². The maximum Gasteiger partial charge on any atom is 0.336 e. The third kappa shape index (κ3) is 3.86. The normalized spacial score (nSPS) is 18.1. The summed E-state index contributed by atoms with van der Waals surface area (Å²) in [5.41, 5.74) is 0.128. The second-order valence-corrected chi connectivity index (χ2v) is 5.84. The lowest BCUT2D eigenvalue weighted by molar-refractivity contribution is 0.0409. The Morgan fingerprint density at radius 1 is 1.32 bits per heavy atom. The molecule has 1 N–H and O–H groups in total. The summed E-state index contributed by atoms with van der Waals surface area (Å²) in [4.78, 5) is 13.7. The van der Waals surface area contributed by atoms with E-state index in [2.05, 4.69) is 4.90 Å². The molecule has 0 amide bonds. The van der Waals surface area contributed by atoms with Crippen molar-refractivity contribution in [2.24, 2.45) is 0 Å². The van der Waals surface area contributed by atoms with Crippen LogP contribution in [0, 0.1) is 0 Å². The Balaban J connectivity index is 1.97. The summed E-state index contributed by atoms with van der Waals surface area (Å²) < 4.78 is 17.4. The minimum absolute atomic E-state index is 0.128. The summed E-state index contributed by atoms with van der Waals surface area (Å²) in [6, 6.07) is 6.48. The van der Waals surface area contributed by atoms with Gasteiger partial charge in [0.2, 0.25) is 0 Å². The maximum atomic E-state index is 12.2. The minimum Gasteiger partial charge on any atom is -0.478 e. The molecule has 0 bridgehead atoms. The number of ether oxygens (including phenoxy) is 1. The van der Waals surface area contributed by atoms with Crippen molar-refractivity contribution < 1.29 is 18.8 Å². The van der Waals surface area contributed by atoms with E-state index >= 15 is 0 Å². The molecule has 0 aliphatic carbocycles. The van der Waals surface area contributed by atoms with Gasteiger partial charge in [-0.25, -0.2) is 4.79 Å². The lowest BCUT2D eigenvalue weighted by Gasteiger charge is -2.26. The zero-order valence-electron chi connectivity index (χ0n) is 10.6. The number of rotatable bonds is 5. The van der Waals surface area contributed by atoms with Crippen LogP contribution < -0.4 is 0 Å². The molecule has 2 rings (SSSR count). The highest BCUT2D eigenvalue weighted by atomic mass is 32.2. The molecule has 1 aliphatic heterocycles. The number of carboxylic acid groups (broad SMARTS) is 1. The molecular formula is C13H17NO4S. The van der Waals surface area contributed by atoms with Crippen LogP contribution in [0.1, 0.15) is 10.4 Å². The molecule has 5 nitrogen and oxygen atoms in total. The average molecular weight is 283 g/mol. The molecule has 104 valence electrons. The van der Waals surface area contributed by atoms with Gasteiger partial charge >= 0.3 is 5.97 Å². The number of morpholine rings is 1. The molecule has 0 aromatic heterocycles. The summed E-state index contributed by atoms with van der Waals surface area (Å²) in [7, 11) is -1.28. The number of hydrogen-bond acceptors (Lipinski definition) is 4. The molecule has 1 aliphatic rings. The van der Waals surface area contributed by atoms with Crippen molar-refractivity contribution in [3.63, 3.8) is 0 Å². The Hall–Kier alpha value is -1.24. The third-order valence-electron chi connectivity index (χ3n) is 3.06. The fourth-order valence-electron chi connectivity index (χ4n) is 1.99. The predicted octanol–water partition coefficient (Wildman–Crippen LogP) is 0.825. The van der Waals surface area contributed by atoms with Crippen LogP contribution in [-0.4, -0.2) is 58.8 Å². The van der Waals surface area contributed by atoms with E-state index in [1.807, 2.05) is 0 Å². The summed E-state index contributed by atoms with van der Waals surface area (Å²) in [5, 5.41) is 9.07. The lowest BCUT2D eigenvalue weighted by atomic mass is 10.2. The van der Waals surface area contributed by atoms with Crippen LogP contribution in [0.15, 0.2) is 29.2 Å². The first-order valence-electron chi connectivity index (χ1n) is 6.19. The van der Waals surface area contributed by atoms with Crippen LogP contribution in [0.3, 0.4) is 0 Å². The second-order valence-electron chi connectivity index (χ2n) is 4.30. The van der Waals surface area contributed by atoms with Crippen LogP contribution in [0.2, 0.25) is 0 Å². The molecular weight excluding hydrogens is 266 g/mol. The fraction of sp³-hybridized carbons (Fsp3) is 0.462. The van der Waals surface area contributed by atoms with Crippen LogP contribution in [0.4, 0.5) is 0 Å². The number of benzene rings is 1. The highest BCUT2D eigenvalue weighted by Crippen LogP contribution is 2.14. The van der Waals surface area contributed by atoms with E-state index in [0.29, 0.717) is 30.4 Å². The Morgan fingerprint density at radius 2 is 2.00 bits per heavy atom. The number of aromatic carboxylic acids is 1. The topological polar surface area (TPSA) is 66.8 Å². The minimum atomic E-state index is -1.28. The van der Waals surface area contributed by atoms with Crippen molar-refractivity contribution in [1.29, 1.82) is 0 Å². The van der Waals surface area contributed by atoms with Gasteiger partial charge in [0.15, 0.2) is 0 Å². The molecule has 1 aromatic carbocycles. The smallest absolute Gasteiger partial charge is 0.336 e. The summed E-state index contributed by atoms with van der Waals surface area (Å²) in [6.07, 6.45) is 0. The van der Waals surface area contributed by atoms with Crippen molar-refractivity contribution in [3.8, 4) is 0 Å². The van der Waals surface area contributed by atoms with Gasteiger partial charge in [-0.3, -0.25) is 9.11 Å². The average Bonchev–Trinajstić information content (AvgIpc) is 2.46. The Bertz CT molecular complexity index is 471. The number of carboxylic acids is 1. The first-order chi connectivity index (χ1) is 9.18. The first kappa shape index (κ1) is 14.2. The van der Waals surface area contributed by atoms with Gasteiger partial charge in [-0.1, -0.05) is 12.1 Å². The standard InChI is InChI=1S/C13H17NO4S/c15-13(16)11-3-1-2-4-12(11)19(17)10-7-14-5-8-18-9-6-14/h1-4H,5-10H2,(H,15,16)/t19-/m0/s1. The van der Waals surface area contributed by atoms with Crippen molar-refractivity contribution in [1.82, 2.24) is 4.90 Å². The van der Waals surface area contributed by atoms with Gasteiger partial charge in [-0.05, 0) is 12.1 Å². The molecule has 1 saturated heterocycles. The Morgan fingerprint density at radius 3 is 2.68 bits per heavy atom. The maximum absolute atomic E-state index is 12.2. The molecule has 0 unspecified atom stereocenters. The van der Waals surface area contributed by atoms with E-state index in [9.17, 15) is 9.00 Å². The van der Waals surface area contributed by atoms with Crippen LogP contribution in [0.5, 0.6) is 0 Å². The largest absolute Gasteiger partial charge is 0.478 e. The number of hydrogen-bond donors (Lipinski definition) is 1. The van der Waals surface area contributed by atoms with Crippen LogP contribution in [-0.2, 0) is 15.5 Å². The van der Waals surface area contributed by atoms with E-state index in [0.717, 1.165) is 13.1 Å². The summed E-state index contributed by atoms with van der Waals surface area (Å²) >= 11 is 0. The molecule has 1 fully saturated rings. The number of nitrogens with zero attached hydrogens (tertiary/aromatic N) is 1. The van der Waals surface area contributed by atoms with Gasteiger partial charge in [0.1, 0.15) is 0 Å². The molecule has 0 radical (unpaired) electrons. The highest BCUT2D eigenvalue weighted by molar-refractivity contribution is 7.85. The van der Waals surface area contributed by atoms with Crippen molar-refractivity contribution in [2.45, 2.75) is 4.90 Å². The number of carbonyl (C=O) groups is 1. The zero-order valence-corrected chi connectivity index (χ0v) is 11.4. The lowest BCUT2D eigenvalue weighted by Crippen LogP contribution is -2.38. The predicted molar refractivity (Wildman–Crippen MR) is 71.9 cm³/mol. The zero-order chi connectivity index (χ0) is 13.7. The van der Waals surface area contributed by atoms with E-state index < -0.39 is 16.8 Å². The van der Waals surface area contributed by atoms with Crippen LogP contribution in [0.25, 0.3) is 0 Å². The van der Waals surface area contributed by atoms with E-state index in [4.69, 9.17) is 9.84 Å². The Kier molecular flexibility index (Phi) is 5.07. The first-order valence-corrected chi connectivity index (χ1v) is 7.51. The summed E-state index contributed by atoms with van der Waals surface area (Å²) in [5.74, 6) is -0.583.